The summed E-state index contributed by atoms with van der Waals surface area (Å²) in [6.07, 6.45) is 2.39. The number of rotatable bonds is 5. The van der Waals surface area contributed by atoms with Crippen molar-refractivity contribution >= 4 is 61.7 Å². The van der Waals surface area contributed by atoms with Crippen LogP contribution < -0.4 is 10.6 Å². The van der Waals surface area contributed by atoms with Crippen molar-refractivity contribution in [1.82, 2.24) is 19.9 Å². The van der Waals surface area contributed by atoms with Crippen molar-refractivity contribution in [1.29, 1.82) is 0 Å². The number of piperazine rings is 1. The molecule has 0 atom stereocenters. The molecular weight excluding hydrogens is 424 g/mol. The third kappa shape index (κ3) is 3.45. The molecule has 1 aromatic carbocycles. The van der Waals surface area contributed by atoms with Gasteiger partial charge in [0.2, 0.25) is 11.9 Å². The minimum atomic E-state index is -0.676. The summed E-state index contributed by atoms with van der Waals surface area (Å²) in [6.45, 7) is 3.36. The molecule has 1 aliphatic rings. The number of hydrogen-bond donors (Lipinski definition) is 2. The number of aromatic amines is 1. The van der Waals surface area contributed by atoms with Crippen molar-refractivity contribution in [2.75, 3.05) is 38.1 Å². The average molecular weight is 447 g/mol. The van der Waals surface area contributed by atoms with Gasteiger partial charge in [-0.2, -0.15) is 0 Å². The zero-order valence-electron chi connectivity index (χ0n) is 17.5. The number of aromatic nitrogens is 3. The highest BCUT2D eigenvalue weighted by Gasteiger charge is 2.25. The molecule has 0 saturated carbocycles. The van der Waals surface area contributed by atoms with Crippen LogP contribution in [0.2, 0.25) is 0 Å². The molecule has 1 saturated heterocycles. The summed E-state index contributed by atoms with van der Waals surface area (Å²) in [6, 6.07) is 9.44. The number of fused-ring (bicyclic) bond motifs is 2. The molecule has 3 aromatic heterocycles. The van der Waals surface area contributed by atoms with Crippen LogP contribution in [-0.2, 0) is 9.59 Å². The largest absolute Gasteiger partial charge is 0.366 e. The number of carbonyl (C=O) groups is 2. The number of thiophene rings is 1. The Morgan fingerprint density at radius 3 is 2.69 bits per heavy atom. The third-order valence-corrected chi connectivity index (χ3v) is 6.77. The second-order valence-electron chi connectivity index (χ2n) is 7.82. The monoisotopic (exact) mass is 446 g/mol. The highest BCUT2D eigenvalue weighted by Crippen LogP contribution is 2.35. The summed E-state index contributed by atoms with van der Waals surface area (Å²) >= 11 is 1.48. The van der Waals surface area contributed by atoms with E-state index >= 15 is 0 Å². The number of primary amides is 1. The maximum Gasteiger partial charge on any atom is 0.250 e. The normalized spacial score (nSPS) is 15.8. The van der Waals surface area contributed by atoms with Gasteiger partial charge in [-0.3, -0.25) is 9.59 Å². The van der Waals surface area contributed by atoms with E-state index in [4.69, 9.17) is 15.7 Å². The Morgan fingerprint density at radius 2 is 1.94 bits per heavy atom. The maximum atomic E-state index is 12.6. The third-order valence-electron chi connectivity index (χ3n) is 5.82. The van der Waals surface area contributed by atoms with Crippen molar-refractivity contribution in [3.63, 3.8) is 0 Å². The Bertz CT molecular complexity index is 1360. The molecule has 1 fully saturated rings. The number of para-hydroxylation sites is 1. The van der Waals surface area contributed by atoms with Crippen LogP contribution in [0.3, 0.4) is 0 Å². The van der Waals surface area contributed by atoms with Gasteiger partial charge in [-0.1, -0.05) is 18.2 Å². The van der Waals surface area contributed by atoms with Crippen molar-refractivity contribution in [2.24, 2.45) is 5.73 Å². The van der Waals surface area contributed by atoms with Gasteiger partial charge in [-0.25, -0.2) is 9.97 Å². The van der Waals surface area contributed by atoms with Crippen LogP contribution in [-0.4, -0.2) is 65.3 Å². The predicted octanol–water partition coefficient (Wildman–Crippen LogP) is 2.52. The van der Waals surface area contributed by atoms with E-state index in [1.54, 1.807) is 6.20 Å². The van der Waals surface area contributed by atoms with E-state index in [2.05, 4.69) is 21.8 Å². The molecule has 4 heterocycles. The average Bonchev–Trinajstić information content (AvgIpc) is 3.41. The lowest BCUT2D eigenvalue weighted by Crippen LogP contribution is -2.45. The molecule has 0 aliphatic carbocycles. The number of carbonyl (C=O) groups excluding carboxylic acids is 2. The fraction of sp³-hybridized carbons (Fsp3) is 0.217. The number of aldehydes is 1. The lowest BCUT2D eigenvalue weighted by Gasteiger charge is -2.32. The summed E-state index contributed by atoms with van der Waals surface area (Å²) < 4.78 is 0.871. The van der Waals surface area contributed by atoms with Crippen LogP contribution in [0.25, 0.3) is 32.3 Å². The number of nitrogens with zero attached hydrogens (tertiary/aromatic N) is 4. The molecule has 1 aliphatic heterocycles. The fourth-order valence-electron chi connectivity index (χ4n) is 4.09. The zero-order valence-corrected chi connectivity index (χ0v) is 18.4. The summed E-state index contributed by atoms with van der Waals surface area (Å²) in [4.78, 5) is 42.1. The Hall–Kier alpha value is -3.56. The number of H-pyrrole nitrogens is 1. The first-order valence-electron chi connectivity index (χ1n) is 10.3. The van der Waals surface area contributed by atoms with Crippen LogP contribution in [0.15, 0.2) is 41.9 Å². The minimum absolute atomic E-state index is 0.155. The van der Waals surface area contributed by atoms with Gasteiger partial charge in [-0.15, -0.1) is 11.3 Å². The smallest absolute Gasteiger partial charge is 0.250 e. The number of nitrogens with two attached hydrogens (primary N) is 1. The highest BCUT2D eigenvalue weighted by atomic mass is 32.1. The highest BCUT2D eigenvalue weighted by molar-refractivity contribution is 7.17. The first-order chi connectivity index (χ1) is 15.6. The summed E-state index contributed by atoms with van der Waals surface area (Å²) in [5, 5.41) is 2.62. The van der Waals surface area contributed by atoms with Crippen LogP contribution in [0.4, 0.5) is 5.95 Å². The van der Waals surface area contributed by atoms with E-state index < -0.39 is 5.91 Å². The Morgan fingerprint density at radius 1 is 1.16 bits per heavy atom. The molecule has 1 amide bonds. The summed E-state index contributed by atoms with van der Waals surface area (Å²) in [5.74, 6) is -0.129. The lowest BCUT2D eigenvalue weighted by molar-refractivity contribution is -0.113. The first kappa shape index (κ1) is 20.3. The second-order valence-corrected chi connectivity index (χ2v) is 8.73. The van der Waals surface area contributed by atoms with E-state index in [9.17, 15) is 9.59 Å². The molecule has 162 valence electrons. The van der Waals surface area contributed by atoms with Gasteiger partial charge >= 0.3 is 0 Å². The Kier molecular flexibility index (Phi) is 5.20. The zero-order chi connectivity index (χ0) is 22.2. The minimum Gasteiger partial charge on any atom is -0.366 e. The van der Waals surface area contributed by atoms with Gasteiger partial charge in [0, 0.05) is 43.3 Å². The number of anilines is 1. The van der Waals surface area contributed by atoms with E-state index in [1.807, 2.05) is 35.7 Å². The number of benzene rings is 1. The quantitative estimate of drug-likeness (QED) is 0.360. The molecule has 5 rings (SSSR count). The second kappa shape index (κ2) is 8.18. The molecular formula is C23H22N6O2S. The first-order valence-corrected chi connectivity index (χ1v) is 11.2. The molecule has 0 bridgehead atoms. The molecule has 3 N–H and O–H groups in total. The van der Waals surface area contributed by atoms with Crippen LogP contribution in [0, 0.1) is 0 Å². The summed E-state index contributed by atoms with van der Waals surface area (Å²) in [7, 11) is 2.08. The molecule has 0 unspecified atom stereocenters. The van der Waals surface area contributed by atoms with Gasteiger partial charge in [0.25, 0.3) is 0 Å². The lowest BCUT2D eigenvalue weighted by atomic mass is 9.97. The Labute approximate surface area is 188 Å². The standard InChI is InChI=1S/C23H22N6O2S/c1-28-7-9-29(10-8-28)23-26-17-5-3-2-4-14(17)20(27-23)16(13-30)19(22(24)31)15-12-25-18-6-11-32-21(15)18/h2-6,11-13,25H,7-10H2,1H3,(H2,24,31)/b19-16+. The van der Waals surface area contributed by atoms with Crippen LogP contribution >= 0.6 is 11.3 Å². The summed E-state index contributed by atoms with van der Waals surface area (Å²) in [5.41, 5.74) is 8.76. The van der Waals surface area contributed by atoms with E-state index in [1.165, 1.54) is 11.3 Å². The number of hydrogen-bond acceptors (Lipinski definition) is 7. The molecule has 0 spiro atoms. The van der Waals surface area contributed by atoms with Gasteiger partial charge < -0.3 is 20.5 Å². The van der Waals surface area contributed by atoms with Crippen LogP contribution in [0.5, 0.6) is 0 Å². The molecule has 9 heteroatoms. The SMILES string of the molecule is CN1CCN(c2nc(/C(C=O)=C(/C(N)=O)c3c[nH]c4ccsc34)c3ccccc3n2)CC1. The number of amides is 1. The van der Waals surface area contributed by atoms with Crippen molar-refractivity contribution in [3.8, 4) is 0 Å². The fourth-order valence-corrected chi connectivity index (χ4v) is 4.98. The number of likely N-dealkylation sites (N-methyl/N-ethyl adjacent to an activating group) is 1. The molecule has 4 aromatic rings. The van der Waals surface area contributed by atoms with Gasteiger partial charge in [0.15, 0.2) is 6.29 Å². The van der Waals surface area contributed by atoms with Crippen molar-refractivity contribution in [2.45, 2.75) is 0 Å². The number of allylic oxidation sites excluding steroid dienone is 1. The van der Waals surface area contributed by atoms with Crippen molar-refractivity contribution in [3.05, 3.63) is 53.2 Å². The van der Waals surface area contributed by atoms with Gasteiger partial charge in [-0.05, 0) is 24.6 Å². The number of nitrogens with one attached hydrogen (secondary N) is 1. The predicted molar refractivity (Wildman–Crippen MR) is 127 cm³/mol. The molecule has 8 nitrogen and oxygen atoms in total. The Balaban J connectivity index is 1.76. The van der Waals surface area contributed by atoms with Crippen LogP contribution in [0.1, 0.15) is 11.3 Å². The van der Waals surface area contributed by atoms with E-state index in [0.29, 0.717) is 34.4 Å². The van der Waals surface area contributed by atoms with Crippen molar-refractivity contribution < 1.29 is 9.59 Å². The topological polar surface area (TPSA) is 108 Å². The van der Waals surface area contributed by atoms with Gasteiger partial charge in [0.1, 0.15) is 0 Å². The maximum absolute atomic E-state index is 12.6. The molecule has 32 heavy (non-hydrogen) atoms. The van der Waals surface area contributed by atoms with E-state index in [0.717, 1.165) is 36.4 Å². The van der Waals surface area contributed by atoms with Gasteiger partial charge in [0.05, 0.1) is 32.6 Å². The molecule has 0 radical (unpaired) electrons. The van der Waals surface area contributed by atoms with E-state index in [-0.39, 0.29) is 11.1 Å².